The molecule has 0 radical (unpaired) electrons. The molecule has 0 unspecified atom stereocenters. The van der Waals surface area contributed by atoms with Crippen LogP contribution in [0.25, 0.3) is 0 Å². The van der Waals surface area contributed by atoms with Crippen molar-refractivity contribution in [1.82, 2.24) is 10.6 Å². The number of carbonyl (C=O) groups excluding carboxylic acids is 2. The van der Waals surface area contributed by atoms with Crippen molar-refractivity contribution in [2.75, 3.05) is 6.61 Å². The third-order valence-electron chi connectivity index (χ3n) is 2.60. The first-order valence-electron chi connectivity index (χ1n) is 6.31. The van der Waals surface area contributed by atoms with E-state index in [0.29, 0.717) is 5.75 Å². The Morgan fingerprint density at radius 1 is 1.37 bits per heavy atom. The van der Waals surface area contributed by atoms with Crippen LogP contribution in [-0.4, -0.2) is 24.6 Å². The Hall–Kier alpha value is -2.04. The van der Waals surface area contributed by atoms with Crippen molar-refractivity contribution in [2.24, 2.45) is 0 Å². The van der Waals surface area contributed by atoms with Gasteiger partial charge in [-0.2, -0.15) is 0 Å². The van der Waals surface area contributed by atoms with Crippen molar-refractivity contribution in [3.63, 3.8) is 0 Å². The van der Waals surface area contributed by atoms with Crippen LogP contribution >= 0.6 is 0 Å². The van der Waals surface area contributed by atoms with Crippen LogP contribution in [-0.2, 0) is 4.79 Å². The number of hydrogen-bond acceptors (Lipinski definition) is 3. The van der Waals surface area contributed by atoms with Crippen molar-refractivity contribution >= 4 is 11.9 Å². The molecule has 104 valence electrons. The highest BCUT2D eigenvalue weighted by Crippen LogP contribution is 2.11. The summed E-state index contributed by atoms with van der Waals surface area (Å²) in [4.78, 5) is 22.9. The number of ether oxygens (including phenoxy) is 1. The highest BCUT2D eigenvalue weighted by Gasteiger charge is 2.10. The molecule has 1 atom stereocenters. The van der Waals surface area contributed by atoms with Gasteiger partial charge in [-0.1, -0.05) is 19.1 Å². The number of amides is 3. The molecule has 3 amide bonds. The van der Waals surface area contributed by atoms with Crippen molar-refractivity contribution in [2.45, 2.75) is 33.2 Å². The number of urea groups is 1. The average Bonchev–Trinajstić information content (AvgIpc) is 2.36. The molecule has 1 rings (SSSR count). The van der Waals surface area contributed by atoms with Gasteiger partial charge < -0.3 is 10.1 Å². The third kappa shape index (κ3) is 5.90. The lowest BCUT2D eigenvalue weighted by molar-refractivity contribution is -0.122. The molecule has 0 heterocycles. The van der Waals surface area contributed by atoms with E-state index >= 15 is 0 Å². The molecule has 1 aromatic carbocycles. The lowest BCUT2D eigenvalue weighted by Crippen LogP contribution is -2.44. The van der Waals surface area contributed by atoms with Crippen LogP contribution in [0.5, 0.6) is 5.75 Å². The van der Waals surface area contributed by atoms with Crippen LogP contribution in [0.1, 0.15) is 25.8 Å². The number of benzene rings is 1. The smallest absolute Gasteiger partial charge is 0.321 e. The highest BCUT2D eigenvalue weighted by molar-refractivity contribution is 5.95. The molecule has 2 N–H and O–H groups in total. The minimum atomic E-state index is -0.493. The Kier molecular flexibility index (Phi) is 5.85. The average molecular weight is 264 g/mol. The maximum Gasteiger partial charge on any atom is 0.321 e. The van der Waals surface area contributed by atoms with E-state index in [9.17, 15) is 9.59 Å². The standard InChI is InChI=1S/C14H20N2O3/c1-4-11(3)15-14(18)16-13(17)9-19-12-7-5-6-10(2)8-12/h5-8,11H,4,9H2,1-3H3,(H2,15,16,17,18)/t11-/m0/s1. The number of aryl methyl sites for hydroxylation is 1. The zero-order valence-electron chi connectivity index (χ0n) is 11.5. The molecule has 0 aliphatic heterocycles. The predicted octanol–water partition coefficient (Wildman–Crippen LogP) is 2.00. The van der Waals surface area contributed by atoms with Gasteiger partial charge in [0.1, 0.15) is 5.75 Å². The van der Waals surface area contributed by atoms with Gasteiger partial charge in [-0.05, 0) is 38.0 Å². The Bertz CT molecular complexity index is 446. The lowest BCUT2D eigenvalue weighted by Gasteiger charge is -2.12. The first kappa shape index (κ1) is 15.0. The van der Waals surface area contributed by atoms with Gasteiger partial charge in [-0.25, -0.2) is 4.79 Å². The van der Waals surface area contributed by atoms with E-state index in [1.54, 1.807) is 6.07 Å². The van der Waals surface area contributed by atoms with Gasteiger partial charge in [0.2, 0.25) is 0 Å². The Balaban J connectivity index is 2.34. The summed E-state index contributed by atoms with van der Waals surface area (Å²) >= 11 is 0. The zero-order valence-corrected chi connectivity index (χ0v) is 11.5. The van der Waals surface area contributed by atoms with Gasteiger partial charge in [-0.3, -0.25) is 10.1 Å². The van der Waals surface area contributed by atoms with Gasteiger partial charge in [0.25, 0.3) is 5.91 Å². The first-order valence-corrected chi connectivity index (χ1v) is 6.31. The molecule has 0 aliphatic rings. The molecule has 19 heavy (non-hydrogen) atoms. The topological polar surface area (TPSA) is 67.4 Å². The van der Waals surface area contributed by atoms with E-state index in [2.05, 4.69) is 10.6 Å². The van der Waals surface area contributed by atoms with Gasteiger partial charge in [0.15, 0.2) is 6.61 Å². The van der Waals surface area contributed by atoms with Crippen LogP contribution in [0.4, 0.5) is 4.79 Å². The fraction of sp³-hybridized carbons (Fsp3) is 0.429. The minimum absolute atomic E-state index is 0.0329. The summed E-state index contributed by atoms with van der Waals surface area (Å²) in [5.74, 6) is 0.139. The number of rotatable bonds is 5. The Morgan fingerprint density at radius 3 is 2.74 bits per heavy atom. The van der Waals surface area contributed by atoms with E-state index in [4.69, 9.17) is 4.74 Å². The molecular weight excluding hydrogens is 244 g/mol. The molecule has 5 nitrogen and oxygen atoms in total. The van der Waals surface area contributed by atoms with Crippen LogP contribution in [0.2, 0.25) is 0 Å². The molecule has 0 saturated heterocycles. The molecular formula is C14H20N2O3. The van der Waals surface area contributed by atoms with Gasteiger partial charge >= 0.3 is 6.03 Å². The molecule has 5 heteroatoms. The van der Waals surface area contributed by atoms with Crippen molar-refractivity contribution in [3.05, 3.63) is 29.8 Å². The van der Waals surface area contributed by atoms with Crippen molar-refractivity contribution in [1.29, 1.82) is 0 Å². The summed E-state index contributed by atoms with van der Waals surface area (Å²) in [6, 6.07) is 6.91. The van der Waals surface area contributed by atoms with Crippen LogP contribution < -0.4 is 15.4 Å². The third-order valence-corrected chi connectivity index (χ3v) is 2.60. The maximum atomic E-state index is 11.5. The fourth-order valence-corrected chi connectivity index (χ4v) is 1.38. The lowest BCUT2D eigenvalue weighted by atomic mass is 10.2. The highest BCUT2D eigenvalue weighted by atomic mass is 16.5. The zero-order chi connectivity index (χ0) is 14.3. The predicted molar refractivity (Wildman–Crippen MR) is 73.1 cm³/mol. The largest absolute Gasteiger partial charge is 0.484 e. The molecule has 0 aliphatic carbocycles. The second-order valence-corrected chi connectivity index (χ2v) is 4.44. The number of carbonyl (C=O) groups is 2. The Morgan fingerprint density at radius 2 is 2.11 bits per heavy atom. The van der Waals surface area contributed by atoms with Gasteiger partial charge in [0, 0.05) is 6.04 Å². The Labute approximate surface area is 113 Å². The van der Waals surface area contributed by atoms with E-state index in [-0.39, 0.29) is 12.6 Å². The normalized spacial score (nSPS) is 11.5. The van der Waals surface area contributed by atoms with Crippen LogP contribution in [0, 0.1) is 6.92 Å². The van der Waals surface area contributed by atoms with E-state index in [1.165, 1.54) is 0 Å². The van der Waals surface area contributed by atoms with Crippen LogP contribution in [0.15, 0.2) is 24.3 Å². The van der Waals surface area contributed by atoms with E-state index in [1.807, 2.05) is 39.0 Å². The number of hydrogen-bond donors (Lipinski definition) is 2. The second-order valence-electron chi connectivity index (χ2n) is 4.44. The quantitative estimate of drug-likeness (QED) is 0.854. The fourth-order valence-electron chi connectivity index (χ4n) is 1.38. The summed E-state index contributed by atoms with van der Waals surface area (Å²) in [5, 5.41) is 4.86. The maximum absolute atomic E-state index is 11.5. The summed E-state index contributed by atoms with van der Waals surface area (Å²) in [6.07, 6.45) is 0.807. The summed E-state index contributed by atoms with van der Waals surface area (Å²) in [5.41, 5.74) is 1.05. The van der Waals surface area contributed by atoms with Crippen molar-refractivity contribution < 1.29 is 14.3 Å². The molecule has 0 saturated carbocycles. The van der Waals surface area contributed by atoms with Crippen LogP contribution in [0.3, 0.4) is 0 Å². The molecule has 0 fully saturated rings. The second kappa shape index (κ2) is 7.41. The minimum Gasteiger partial charge on any atom is -0.484 e. The molecule has 0 spiro atoms. The molecule has 0 aromatic heterocycles. The van der Waals surface area contributed by atoms with Crippen molar-refractivity contribution in [3.8, 4) is 5.75 Å². The number of nitrogens with one attached hydrogen (secondary N) is 2. The van der Waals surface area contributed by atoms with E-state index < -0.39 is 11.9 Å². The monoisotopic (exact) mass is 264 g/mol. The molecule has 1 aromatic rings. The van der Waals surface area contributed by atoms with E-state index in [0.717, 1.165) is 12.0 Å². The summed E-state index contributed by atoms with van der Waals surface area (Å²) < 4.78 is 5.29. The molecule has 0 bridgehead atoms. The first-order chi connectivity index (χ1) is 9.01. The SMILES string of the molecule is CC[C@H](C)NC(=O)NC(=O)COc1cccc(C)c1. The van der Waals surface area contributed by atoms with Gasteiger partial charge in [-0.15, -0.1) is 0 Å². The summed E-state index contributed by atoms with van der Waals surface area (Å²) in [6.45, 7) is 5.57. The van der Waals surface area contributed by atoms with Gasteiger partial charge in [0.05, 0.1) is 0 Å². The summed E-state index contributed by atoms with van der Waals surface area (Å²) in [7, 11) is 0. The number of imide groups is 1.